The van der Waals surface area contributed by atoms with Crippen LogP contribution in [0.5, 0.6) is 5.75 Å². The van der Waals surface area contributed by atoms with Gasteiger partial charge in [0.15, 0.2) is 6.29 Å². The number of carbonyl (C=O) groups is 3. The number of pyridine rings is 1. The molecule has 3 unspecified atom stereocenters. The first-order valence-electron chi connectivity index (χ1n) is 20.6. The molecular weight excluding hydrogens is 781 g/mol. The Bertz CT molecular complexity index is 2170. The maximum absolute atomic E-state index is 13.3. The minimum absolute atomic E-state index is 0.0236. The van der Waals surface area contributed by atoms with Gasteiger partial charge < -0.3 is 61.9 Å². The number of nitrogens with zero attached hydrogens (tertiary/aromatic N) is 4. The molecule has 17 heteroatoms. The number of allylic oxidation sites excluding steroid dienone is 1. The van der Waals surface area contributed by atoms with E-state index in [-0.39, 0.29) is 54.3 Å². The Morgan fingerprint density at radius 3 is 2.43 bits per heavy atom. The first kappa shape index (κ1) is 44.4. The monoisotopic (exact) mass is 838 g/mol. The van der Waals surface area contributed by atoms with Gasteiger partial charge in [0.05, 0.1) is 42.9 Å². The van der Waals surface area contributed by atoms with Crippen LogP contribution in [0.15, 0.2) is 84.6 Å². The Kier molecular flexibility index (Phi) is 15.2. The number of H-pyrrole nitrogens is 1. The Morgan fingerprint density at radius 1 is 1.02 bits per heavy atom. The van der Waals surface area contributed by atoms with Gasteiger partial charge in [-0.15, -0.1) is 0 Å². The van der Waals surface area contributed by atoms with Gasteiger partial charge in [-0.2, -0.15) is 0 Å². The molecule has 4 aromatic rings. The van der Waals surface area contributed by atoms with Crippen LogP contribution in [0.2, 0.25) is 0 Å². The van der Waals surface area contributed by atoms with E-state index in [1.807, 2.05) is 62.2 Å². The number of para-hydroxylation sites is 1. The molecule has 10 N–H and O–H groups in total. The lowest BCUT2D eigenvalue weighted by Crippen LogP contribution is -2.51. The highest BCUT2D eigenvalue weighted by atomic mass is 16.7. The predicted molar refractivity (Wildman–Crippen MR) is 232 cm³/mol. The number of fused-ring (bicyclic) bond motifs is 1. The zero-order chi connectivity index (χ0) is 43.5. The van der Waals surface area contributed by atoms with Gasteiger partial charge >= 0.3 is 0 Å². The third-order valence-electron chi connectivity index (χ3n) is 11.1. The van der Waals surface area contributed by atoms with Gasteiger partial charge in [0, 0.05) is 80.6 Å². The number of nitrogens with two attached hydrogens (primary N) is 3. The van der Waals surface area contributed by atoms with E-state index in [0.717, 1.165) is 61.4 Å². The number of phenols is 1. The minimum Gasteiger partial charge on any atom is -0.507 e. The van der Waals surface area contributed by atoms with Crippen molar-refractivity contribution in [1.82, 2.24) is 30.0 Å². The summed E-state index contributed by atoms with van der Waals surface area (Å²) in [5.41, 5.74) is 24.2. The Hall–Kier alpha value is -6.14. The van der Waals surface area contributed by atoms with Crippen LogP contribution in [0.25, 0.3) is 16.7 Å². The van der Waals surface area contributed by atoms with Crippen molar-refractivity contribution >= 4 is 40.6 Å². The van der Waals surface area contributed by atoms with Crippen molar-refractivity contribution in [3.05, 3.63) is 107 Å². The number of rotatable bonds is 12. The second-order valence-electron chi connectivity index (χ2n) is 15.4. The maximum atomic E-state index is 13.3. The highest BCUT2D eigenvalue weighted by Crippen LogP contribution is 2.33. The van der Waals surface area contributed by atoms with E-state index >= 15 is 0 Å². The summed E-state index contributed by atoms with van der Waals surface area (Å²) in [6.07, 6.45) is 6.33. The highest BCUT2D eigenvalue weighted by Gasteiger charge is 2.34. The number of ether oxygens (including phenoxy) is 3. The lowest BCUT2D eigenvalue weighted by molar-refractivity contribution is -0.187. The fourth-order valence-electron chi connectivity index (χ4n) is 7.47. The largest absolute Gasteiger partial charge is 0.507 e. The van der Waals surface area contributed by atoms with Gasteiger partial charge in [0.2, 0.25) is 12.3 Å². The van der Waals surface area contributed by atoms with E-state index in [0.29, 0.717) is 60.8 Å². The van der Waals surface area contributed by atoms with E-state index in [2.05, 4.69) is 30.4 Å². The lowest BCUT2D eigenvalue weighted by atomic mass is 10.00. The van der Waals surface area contributed by atoms with Crippen molar-refractivity contribution in [2.45, 2.75) is 58.2 Å². The average molecular weight is 839 g/mol. The number of hydrogen-bond donors (Lipinski definition) is 7. The summed E-state index contributed by atoms with van der Waals surface area (Å²) < 4.78 is 17.7. The van der Waals surface area contributed by atoms with Crippen LogP contribution in [-0.2, 0) is 23.8 Å². The molecule has 5 heterocycles. The summed E-state index contributed by atoms with van der Waals surface area (Å²) >= 11 is 0. The number of amides is 3. The molecule has 61 heavy (non-hydrogen) atoms. The van der Waals surface area contributed by atoms with Crippen LogP contribution in [-0.4, -0.2) is 125 Å². The molecule has 3 amide bonds. The molecule has 326 valence electrons. The summed E-state index contributed by atoms with van der Waals surface area (Å²) in [4.78, 5) is 48.4. The number of aryl methyl sites for hydroxylation is 1. The third kappa shape index (κ3) is 11.6. The Balaban J connectivity index is 0.000000288. The molecule has 17 nitrogen and oxygen atoms in total. The molecule has 0 saturated carbocycles. The minimum atomic E-state index is -0.280. The molecule has 0 spiro atoms. The summed E-state index contributed by atoms with van der Waals surface area (Å²) in [5.74, 6) is 0.0691. The first-order chi connectivity index (χ1) is 29.4. The molecule has 3 fully saturated rings. The van der Waals surface area contributed by atoms with Crippen molar-refractivity contribution in [2.24, 2.45) is 17.2 Å². The number of nitrogens with one attached hydrogen (secondary N) is 3. The number of aromatic amines is 1. The molecule has 2 aromatic heterocycles. The van der Waals surface area contributed by atoms with Crippen LogP contribution >= 0.6 is 0 Å². The number of aromatic nitrogens is 2. The molecule has 7 rings (SSSR count). The van der Waals surface area contributed by atoms with Crippen molar-refractivity contribution in [2.75, 3.05) is 64.3 Å². The molecule has 0 aliphatic carbocycles. The van der Waals surface area contributed by atoms with E-state index in [9.17, 15) is 19.5 Å². The molecule has 2 aromatic carbocycles. The van der Waals surface area contributed by atoms with Gasteiger partial charge in [-0.3, -0.25) is 19.3 Å². The number of morpholine rings is 1. The van der Waals surface area contributed by atoms with E-state index in [4.69, 9.17) is 31.4 Å². The fraction of sp³-hybridized carbons (Fsp3) is 0.409. The molecule has 0 bridgehead atoms. The molecule has 3 aliphatic heterocycles. The first-order valence-corrected chi connectivity index (χ1v) is 20.6. The number of hydrogen-bond acceptors (Lipinski definition) is 13. The Morgan fingerprint density at radius 2 is 1.74 bits per heavy atom. The topological polar surface area (TPSA) is 240 Å². The fourth-order valence-corrected chi connectivity index (χ4v) is 7.47. The zero-order valence-corrected chi connectivity index (χ0v) is 35.0. The van der Waals surface area contributed by atoms with Gasteiger partial charge in [-0.1, -0.05) is 24.3 Å². The average Bonchev–Trinajstić information content (AvgIpc) is 3.63. The summed E-state index contributed by atoms with van der Waals surface area (Å²) in [7, 11) is 0. The van der Waals surface area contributed by atoms with Crippen LogP contribution in [0.4, 0.5) is 5.69 Å². The molecule has 3 aliphatic rings. The SMILES string of the molecule is CC1OC(c2ccc(C(=O)N3CCN(CC4OCCCO4)CC3)cc2)CN(C(/C=C(\N)c2ccccc2O)=C(N)N)C1C.Cc1c[nH]c2ncc(NC(=O)CCNC=O)cc12. The van der Waals surface area contributed by atoms with Gasteiger partial charge in [0.1, 0.15) is 23.3 Å². The normalized spacial score (nSPS) is 20.0. The summed E-state index contributed by atoms with van der Waals surface area (Å²) in [5, 5.41) is 16.4. The lowest BCUT2D eigenvalue weighted by Gasteiger charge is -2.44. The van der Waals surface area contributed by atoms with Crippen molar-refractivity contribution in [3.63, 3.8) is 0 Å². The third-order valence-corrected chi connectivity index (χ3v) is 11.1. The van der Waals surface area contributed by atoms with Crippen LogP contribution in [0.3, 0.4) is 0 Å². The number of piperazine rings is 1. The maximum Gasteiger partial charge on any atom is 0.253 e. The van der Waals surface area contributed by atoms with Crippen LogP contribution in [0.1, 0.15) is 59.8 Å². The molecular formula is C44H58N10O7. The summed E-state index contributed by atoms with van der Waals surface area (Å²) in [6.45, 7) is 12.0. The van der Waals surface area contributed by atoms with E-state index in [1.165, 1.54) is 0 Å². The van der Waals surface area contributed by atoms with E-state index < -0.39 is 0 Å². The highest BCUT2D eigenvalue weighted by molar-refractivity contribution is 5.94. The zero-order valence-electron chi connectivity index (χ0n) is 35.0. The molecule has 0 radical (unpaired) electrons. The van der Waals surface area contributed by atoms with Gasteiger partial charge in [-0.25, -0.2) is 4.98 Å². The molecule has 3 atom stereocenters. The number of aromatic hydroxyl groups is 1. The van der Waals surface area contributed by atoms with Crippen molar-refractivity contribution in [1.29, 1.82) is 0 Å². The Labute approximate surface area is 355 Å². The smallest absolute Gasteiger partial charge is 0.253 e. The standard InChI is InChI=1S/C32H44N6O5.C12H14N4O2/c1-21-22(2)43-29(19-38(21)27(31(34)35)18-26(33)25-6-3-4-7-28(25)39)23-8-10-24(11-9-23)32(40)37-14-12-36(13-15-37)20-30-41-16-5-17-42-30;1-8-5-14-12-10(8)4-9(6-15-12)16-11(18)2-3-13-7-17/h3-4,6-11,18,21-22,29-30,39H,5,12-17,19-20,33-35H2,1-2H3;4-7H,2-3H2,1H3,(H,13,17)(H,14,15)(H,16,18)/b26-18-;. The number of carbonyl (C=O) groups excluding carboxylic acids is 3. The van der Waals surface area contributed by atoms with Crippen LogP contribution < -0.4 is 27.8 Å². The molecule has 3 saturated heterocycles. The van der Waals surface area contributed by atoms with Gasteiger partial charge in [0.25, 0.3) is 5.91 Å². The second-order valence-corrected chi connectivity index (χ2v) is 15.4. The van der Waals surface area contributed by atoms with E-state index in [1.54, 1.807) is 36.5 Å². The number of phenolic OH excluding ortho intramolecular Hbond substituents is 1. The van der Waals surface area contributed by atoms with Crippen LogP contribution in [0, 0.1) is 6.92 Å². The van der Waals surface area contributed by atoms with Crippen molar-refractivity contribution in [3.8, 4) is 5.75 Å². The number of anilines is 1. The second kappa shape index (κ2) is 20.9. The summed E-state index contributed by atoms with van der Waals surface area (Å²) in [6, 6.07) is 16.3. The van der Waals surface area contributed by atoms with Gasteiger partial charge in [-0.05, 0) is 74.7 Å². The number of benzene rings is 2. The van der Waals surface area contributed by atoms with Crippen molar-refractivity contribution < 1.29 is 33.7 Å². The quantitative estimate of drug-likeness (QED) is 0.0618. The predicted octanol–water partition coefficient (Wildman–Crippen LogP) is 3.10.